The third kappa shape index (κ3) is 4.35. The molecular formula is C19H21N5O4Te. The molecule has 0 bridgehead atoms. The van der Waals surface area contributed by atoms with Crippen molar-refractivity contribution in [2.75, 3.05) is 0 Å². The van der Waals surface area contributed by atoms with E-state index >= 15 is 0 Å². The van der Waals surface area contributed by atoms with E-state index in [1.165, 1.54) is 8.18 Å². The molecule has 0 amide bonds. The zero-order valence-electron chi connectivity index (χ0n) is 15.8. The Morgan fingerprint density at radius 3 is 2.79 bits per heavy atom. The summed E-state index contributed by atoms with van der Waals surface area (Å²) in [7, 11) is 0. The Kier molecular flexibility index (Phi) is 5.96. The Morgan fingerprint density at radius 2 is 2.07 bits per heavy atom. The van der Waals surface area contributed by atoms with Crippen LogP contribution in [-0.4, -0.2) is 56.7 Å². The number of nitrogens with zero attached hydrogens (tertiary/aromatic N) is 4. The fraction of sp³-hybridized carbons (Fsp3) is 0.368. The van der Waals surface area contributed by atoms with Crippen LogP contribution < -0.4 is 14.9 Å². The topological polar surface area (TPSA) is 115 Å². The maximum atomic E-state index is 12.3. The number of benzene rings is 1. The Balaban J connectivity index is 1.61. The van der Waals surface area contributed by atoms with Crippen LogP contribution in [0, 0.1) is 6.92 Å². The summed E-state index contributed by atoms with van der Waals surface area (Å²) >= 11 is -0.494. The fourth-order valence-corrected chi connectivity index (χ4v) is 6.23. The third-order valence-corrected chi connectivity index (χ3v) is 8.02. The van der Waals surface area contributed by atoms with E-state index in [4.69, 9.17) is 4.74 Å². The van der Waals surface area contributed by atoms with Gasteiger partial charge in [0, 0.05) is 0 Å². The van der Waals surface area contributed by atoms with Crippen LogP contribution in [0.1, 0.15) is 29.9 Å². The second-order valence-electron chi connectivity index (χ2n) is 6.88. The van der Waals surface area contributed by atoms with Crippen molar-refractivity contribution in [2.24, 2.45) is 0 Å². The Labute approximate surface area is 176 Å². The van der Waals surface area contributed by atoms with Gasteiger partial charge in [0.25, 0.3) is 0 Å². The molecule has 0 radical (unpaired) electrons. The normalized spacial score (nSPS) is 21.5. The molecule has 1 aromatic carbocycles. The van der Waals surface area contributed by atoms with Gasteiger partial charge >= 0.3 is 177 Å². The number of aromatic amines is 1. The van der Waals surface area contributed by atoms with Gasteiger partial charge in [-0.2, -0.15) is 0 Å². The van der Waals surface area contributed by atoms with Gasteiger partial charge in [-0.25, -0.2) is 0 Å². The van der Waals surface area contributed by atoms with Crippen LogP contribution in [0.5, 0.6) is 0 Å². The number of aromatic nitrogens is 5. The first-order valence-corrected chi connectivity index (χ1v) is 12.0. The van der Waals surface area contributed by atoms with Gasteiger partial charge in [0.05, 0.1) is 0 Å². The van der Waals surface area contributed by atoms with E-state index in [0.717, 1.165) is 4.47 Å². The summed E-state index contributed by atoms with van der Waals surface area (Å²) in [5, 5.41) is 17.4. The molecule has 1 saturated heterocycles. The number of H-pyrrole nitrogens is 1. The zero-order chi connectivity index (χ0) is 20.4. The Morgan fingerprint density at radius 1 is 1.28 bits per heavy atom. The van der Waals surface area contributed by atoms with E-state index in [0.29, 0.717) is 17.7 Å². The van der Waals surface area contributed by atoms with Crippen LogP contribution in [0.15, 0.2) is 52.3 Å². The minimum absolute atomic E-state index is 0.110. The van der Waals surface area contributed by atoms with Crippen molar-refractivity contribution in [1.82, 2.24) is 24.5 Å². The van der Waals surface area contributed by atoms with Crippen LogP contribution in [0.25, 0.3) is 0 Å². The first-order chi connectivity index (χ1) is 14.0. The second-order valence-corrected chi connectivity index (χ2v) is 10.0. The number of aryl methyl sites for hydroxylation is 1. The predicted molar refractivity (Wildman–Crippen MR) is 106 cm³/mol. The standard InChI is InChI=1S/C19H21N5O4Te/c1-12-8-23(19(27)20-18(12)26)17-7-15(24-9-13(10-25)21-22-24)16(28-17)11-29-14-5-3-2-4-6-14/h2-6,8-9,15-17,25H,7,10-11H2,1H3,(H,20,26,27)/t15-,16+,17+/m0/s1. The fourth-order valence-electron chi connectivity index (χ4n) is 3.36. The summed E-state index contributed by atoms with van der Waals surface area (Å²) in [6.07, 6.45) is 3.13. The quantitative estimate of drug-likeness (QED) is 0.448. The van der Waals surface area contributed by atoms with E-state index in [2.05, 4.69) is 27.4 Å². The number of ether oxygens (including phenoxy) is 1. The number of aliphatic hydroxyl groups is 1. The predicted octanol–water partition coefficient (Wildman–Crippen LogP) is -0.0944. The molecule has 0 unspecified atom stereocenters. The molecule has 9 nitrogen and oxygen atoms in total. The van der Waals surface area contributed by atoms with Gasteiger partial charge < -0.3 is 0 Å². The van der Waals surface area contributed by atoms with Crippen molar-refractivity contribution in [1.29, 1.82) is 0 Å². The van der Waals surface area contributed by atoms with Crippen LogP contribution in [-0.2, 0) is 11.3 Å². The molecule has 4 rings (SSSR count). The summed E-state index contributed by atoms with van der Waals surface area (Å²) in [4.78, 5) is 26.4. The van der Waals surface area contributed by atoms with Gasteiger partial charge in [0.1, 0.15) is 0 Å². The summed E-state index contributed by atoms with van der Waals surface area (Å²) in [5.41, 5.74) is 0.0646. The molecule has 2 aromatic heterocycles. The molecule has 1 fully saturated rings. The van der Waals surface area contributed by atoms with Crippen LogP contribution in [0.2, 0.25) is 4.47 Å². The Hall–Kier alpha value is -2.25. The number of rotatable bonds is 6. The van der Waals surface area contributed by atoms with Crippen molar-refractivity contribution in [3.05, 3.63) is 74.8 Å². The molecule has 0 spiro atoms. The van der Waals surface area contributed by atoms with Gasteiger partial charge in [-0.15, -0.1) is 0 Å². The van der Waals surface area contributed by atoms with Crippen molar-refractivity contribution in [3.8, 4) is 0 Å². The van der Waals surface area contributed by atoms with E-state index in [1.807, 2.05) is 18.2 Å². The van der Waals surface area contributed by atoms with Crippen LogP contribution in [0.3, 0.4) is 0 Å². The van der Waals surface area contributed by atoms with E-state index in [-0.39, 0.29) is 18.8 Å². The minimum atomic E-state index is -0.502. The number of hydrogen-bond donors (Lipinski definition) is 2. The van der Waals surface area contributed by atoms with Gasteiger partial charge in [-0.05, 0) is 0 Å². The monoisotopic (exact) mass is 513 g/mol. The van der Waals surface area contributed by atoms with Gasteiger partial charge in [-0.1, -0.05) is 0 Å². The van der Waals surface area contributed by atoms with E-state index in [1.54, 1.807) is 24.0 Å². The van der Waals surface area contributed by atoms with Gasteiger partial charge in [-0.3, -0.25) is 0 Å². The molecule has 3 heterocycles. The second kappa shape index (κ2) is 8.63. The van der Waals surface area contributed by atoms with Crippen molar-refractivity contribution in [3.63, 3.8) is 0 Å². The first-order valence-electron chi connectivity index (χ1n) is 9.22. The summed E-state index contributed by atoms with van der Waals surface area (Å²) in [6, 6.07) is 10.2. The summed E-state index contributed by atoms with van der Waals surface area (Å²) in [6.45, 7) is 1.48. The summed E-state index contributed by atoms with van der Waals surface area (Å²) in [5.74, 6) is 0. The van der Waals surface area contributed by atoms with Crippen LogP contribution >= 0.6 is 0 Å². The first kappa shape index (κ1) is 20.0. The average molecular weight is 511 g/mol. The molecular weight excluding hydrogens is 490 g/mol. The molecule has 3 aromatic rings. The van der Waals surface area contributed by atoms with Gasteiger partial charge in [0.2, 0.25) is 0 Å². The van der Waals surface area contributed by atoms with E-state index in [9.17, 15) is 14.7 Å². The third-order valence-electron chi connectivity index (χ3n) is 4.88. The van der Waals surface area contributed by atoms with Crippen molar-refractivity contribution >= 4 is 24.5 Å². The SMILES string of the molecule is Cc1cn([C@H]2C[C@H](n3cc(CO)nn3)[C@@H](C[Te]c3ccccc3)O2)c(=O)[nH]c1=O. The molecule has 2 N–H and O–H groups in total. The molecule has 3 atom stereocenters. The average Bonchev–Trinajstić information content (AvgIpc) is 3.36. The molecule has 1 aliphatic rings. The number of aliphatic hydroxyl groups excluding tert-OH is 1. The zero-order valence-corrected chi connectivity index (χ0v) is 18.1. The molecule has 29 heavy (non-hydrogen) atoms. The Bertz CT molecular complexity index is 1090. The summed E-state index contributed by atoms with van der Waals surface area (Å²) < 4.78 is 11.6. The molecule has 0 aliphatic carbocycles. The molecule has 10 heteroatoms. The number of hydrogen-bond acceptors (Lipinski definition) is 6. The molecule has 152 valence electrons. The molecule has 1 aliphatic heterocycles. The van der Waals surface area contributed by atoms with Crippen molar-refractivity contribution in [2.45, 2.75) is 42.8 Å². The number of nitrogens with one attached hydrogen (secondary N) is 1. The van der Waals surface area contributed by atoms with Crippen molar-refractivity contribution < 1.29 is 9.84 Å². The molecule has 0 saturated carbocycles. The maximum absolute atomic E-state index is 12.3. The van der Waals surface area contributed by atoms with E-state index < -0.39 is 38.4 Å². The van der Waals surface area contributed by atoms with Crippen LogP contribution in [0.4, 0.5) is 0 Å². The van der Waals surface area contributed by atoms with Gasteiger partial charge in [0.15, 0.2) is 0 Å².